The molecule has 0 atom stereocenters. The lowest BCUT2D eigenvalue weighted by Gasteiger charge is -2.07. The zero-order chi connectivity index (χ0) is 14.8. The summed E-state index contributed by atoms with van der Waals surface area (Å²) in [4.78, 5) is 16.7. The molecule has 1 aliphatic rings. The van der Waals surface area contributed by atoms with Gasteiger partial charge < -0.3 is 14.8 Å². The van der Waals surface area contributed by atoms with E-state index in [0.29, 0.717) is 10.9 Å². The van der Waals surface area contributed by atoms with E-state index in [0.717, 1.165) is 41.6 Å². The number of aromatic nitrogens is 1. The van der Waals surface area contributed by atoms with Crippen molar-refractivity contribution < 1.29 is 14.3 Å². The van der Waals surface area contributed by atoms with E-state index in [1.807, 2.05) is 12.1 Å². The number of methoxy groups -OCH3 is 2. The summed E-state index contributed by atoms with van der Waals surface area (Å²) in [6.45, 7) is 0. The van der Waals surface area contributed by atoms with Crippen molar-refractivity contribution in [3.8, 4) is 11.5 Å². The minimum Gasteiger partial charge on any atom is -0.495 e. The standard InChI is InChI=1S/C15H18N2O3S/c1-19-10-7-8-11(20-2)13-12(10)16-15(21-13)17-14(18)9-5-3-4-6-9/h7-9H,3-6H2,1-2H3,(H,16,17,18). The van der Waals surface area contributed by atoms with Crippen molar-refractivity contribution in [2.24, 2.45) is 5.92 Å². The third-order valence-electron chi connectivity index (χ3n) is 3.87. The van der Waals surface area contributed by atoms with Crippen molar-refractivity contribution in [2.45, 2.75) is 25.7 Å². The molecule has 0 bridgehead atoms. The van der Waals surface area contributed by atoms with Crippen molar-refractivity contribution in [1.29, 1.82) is 0 Å². The lowest BCUT2D eigenvalue weighted by atomic mass is 10.1. The number of anilines is 1. The zero-order valence-electron chi connectivity index (χ0n) is 12.1. The summed E-state index contributed by atoms with van der Waals surface area (Å²) in [6, 6.07) is 3.67. The molecule has 0 spiro atoms. The number of hydrogen-bond acceptors (Lipinski definition) is 5. The molecule has 0 aliphatic heterocycles. The molecule has 0 radical (unpaired) electrons. The SMILES string of the molecule is COc1ccc(OC)c2sc(NC(=O)C3CCCC3)nc12. The van der Waals surface area contributed by atoms with Crippen LogP contribution in [0.25, 0.3) is 10.2 Å². The number of carbonyl (C=O) groups excluding carboxylic acids is 1. The van der Waals surface area contributed by atoms with Crippen LogP contribution in [-0.2, 0) is 4.79 Å². The molecule has 1 aliphatic carbocycles. The third-order valence-corrected chi connectivity index (χ3v) is 4.85. The number of amides is 1. The van der Waals surface area contributed by atoms with E-state index < -0.39 is 0 Å². The molecular weight excluding hydrogens is 288 g/mol. The van der Waals surface area contributed by atoms with Gasteiger partial charge in [0, 0.05) is 5.92 Å². The summed E-state index contributed by atoms with van der Waals surface area (Å²) in [7, 11) is 3.23. The Balaban J connectivity index is 1.91. The molecule has 0 saturated heterocycles. The normalized spacial score (nSPS) is 15.3. The number of hydrogen-bond donors (Lipinski definition) is 1. The first-order chi connectivity index (χ1) is 10.2. The van der Waals surface area contributed by atoms with Crippen LogP contribution in [0.3, 0.4) is 0 Å². The molecule has 0 unspecified atom stereocenters. The van der Waals surface area contributed by atoms with Gasteiger partial charge in [0.05, 0.1) is 14.2 Å². The van der Waals surface area contributed by atoms with Gasteiger partial charge in [0.25, 0.3) is 0 Å². The van der Waals surface area contributed by atoms with Gasteiger partial charge in [-0.25, -0.2) is 4.98 Å². The molecule has 1 aromatic carbocycles. The molecule has 1 heterocycles. The maximum Gasteiger partial charge on any atom is 0.229 e. The highest BCUT2D eigenvalue weighted by Crippen LogP contribution is 2.39. The summed E-state index contributed by atoms with van der Waals surface area (Å²) < 4.78 is 11.6. The molecule has 6 heteroatoms. The van der Waals surface area contributed by atoms with E-state index in [1.54, 1.807) is 14.2 Å². The Morgan fingerprint density at radius 2 is 1.90 bits per heavy atom. The fraction of sp³-hybridized carbons (Fsp3) is 0.467. The Labute approximate surface area is 127 Å². The zero-order valence-corrected chi connectivity index (χ0v) is 13.0. The number of fused-ring (bicyclic) bond motifs is 1. The molecular formula is C15H18N2O3S. The quantitative estimate of drug-likeness (QED) is 0.940. The average molecular weight is 306 g/mol. The molecule has 112 valence electrons. The molecule has 1 amide bonds. The van der Waals surface area contributed by atoms with E-state index in [1.165, 1.54) is 11.3 Å². The van der Waals surface area contributed by atoms with Crippen LogP contribution in [0.2, 0.25) is 0 Å². The smallest absolute Gasteiger partial charge is 0.229 e. The molecule has 1 N–H and O–H groups in total. The van der Waals surface area contributed by atoms with Crippen molar-refractivity contribution >= 4 is 32.6 Å². The van der Waals surface area contributed by atoms with Gasteiger partial charge in [0.2, 0.25) is 5.91 Å². The number of rotatable bonds is 4. The number of carbonyl (C=O) groups is 1. The number of benzene rings is 1. The third kappa shape index (κ3) is 2.68. The Hall–Kier alpha value is -1.82. The second kappa shape index (κ2) is 5.89. The van der Waals surface area contributed by atoms with Gasteiger partial charge in [0.1, 0.15) is 21.7 Å². The lowest BCUT2D eigenvalue weighted by Crippen LogP contribution is -2.20. The maximum absolute atomic E-state index is 12.2. The molecule has 3 rings (SSSR count). The number of ether oxygens (including phenoxy) is 2. The van der Waals surface area contributed by atoms with Gasteiger partial charge in [-0.3, -0.25) is 4.79 Å². The molecule has 21 heavy (non-hydrogen) atoms. The molecule has 1 fully saturated rings. The first-order valence-electron chi connectivity index (χ1n) is 7.05. The first kappa shape index (κ1) is 14.1. The van der Waals surface area contributed by atoms with E-state index >= 15 is 0 Å². The minimum atomic E-state index is 0.0736. The fourth-order valence-corrected chi connectivity index (χ4v) is 3.71. The van der Waals surface area contributed by atoms with E-state index in [4.69, 9.17) is 9.47 Å². The number of nitrogens with zero attached hydrogens (tertiary/aromatic N) is 1. The van der Waals surface area contributed by atoms with E-state index in [-0.39, 0.29) is 11.8 Å². The van der Waals surface area contributed by atoms with Crippen LogP contribution >= 0.6 is 11.3 Å². The minimum absolute atomic E-state index is 0.0736. The first-order valence-corrected chi connectivity index (χ1v) is 7.87. The van der Waals surface area contributed by atoms with Crippen LogP contribution in [0, 0.1) is 5.92 Å². The monoisotopic (exact) mass is 306 g/mol. The van der Waals surface area contributed by atoms with Crippen LogP contribution in [0.4, 0.5) is 5.13 Å². The van der Waals surface area contributed by atoms with Crippen LogP contribution in [0.15, 0.2) is 12.1 Å². The summed E-state index contributed by atoms with van der Waals surface area (Å²) in [5.74, 6) is 1.62. The largest absolute Gasteiger partial charge is 0.495 e. The Kier molecular flexibility index (Phi) is 3.96. The number of nitrogens with one attached hydrogen (secondary N) is 1. The predicted molar refractivity (Wildman–Crippen MR) is 83.3 cm³/mol. The summed E-state index contributed by atoms with van der Waals surface area (Å²) >= 11 is 1.42. The molecule has 5 nitrogen and oxygen atoms in total. The van der Waals surface area contributed by atoms with Gasteiger partial charge in [-0.05, 0) is 25.0 Å². The van der Waals surface area contributed by atoms with Gasteiger partial charge in [-0.15, -0.1) is 0 Å². The van der Waals surface area contributed by atoms with E-state index in [2.05, 4.69) is 10.3 Å². The van der Waals surface area contributed by atoms with Crippen molar-refractivity contribution in [3.05, 3.63) is 12.1 Å². The van der Waals surface area contributed by atoms with Gasteiger partial charge >= 0.3 is 0 Å². The highest BCUT2D eigenvalue weighted by Gasteiger charge is 2.24. The number of thiazole rings is 1. The molecule has 1 saturated carbocycles. The topological polar surface area (TPSA) is 60.5 Å². The fourth-order valence-electron chi connectivity index (χ4n) is 2.73. The van der Waals surface area contributed by atoms with Gasteiger partial charge in [-0.1, -0.05) is 24.2 Å². The van der Waals surface area contributed by atoms with Crippen LogP contribution in [0.1, 0.15) is 25.7 Å². The highest BCUT2D eigenvalue weighted by atomic mass is 32.1. The average Bonchev–Trinajstić information content (AvgIpc) is 3.15. The predicted octanol–water partition coefficient (Wildman–Crippen LogP) is 3.44. The highest BCUT2D eigenvalue weighted by molar-refractivity contribution is 7.22. The van der Waals surface area contributed by atoms with Gasteiger partial charge in [0.15, 0.2) is 5.13 Å². The molecule has 2 aromatic rings. The Morgan fingerprint density at radius 3 is 2.57 bits per heavy atom. The summed E-state index contributed by atoms with van der Waals surface area (Å²) in [5.41, 5.74) is 0.726. The van der Waals surface area contributed by atoms with E-state index in [9.17, 15) is 4.79 Å². The van der Waals surface area contributed by atoms with Crippen LogP contribution in [0.5, 0.6) is 11.5 Å². The summed E-state index contributed by atoms with van der Waals surface area (Å²) in [5, 5.41) is 3.53. The summed E-state index contributed by atoms with van der Waals surface area (Å²) in [6.07, 6.45) is 4.23. The van der Waals surface area contributed by atoms with Crippen LogP contribution in [-0.4, -0.2) is 25.1 Å². The second-order valence-corrected chi connectivity index (χ2v) is 6.14. The van der Waals surface area contributed by atoms with Crippen molar-refractivity contribution in [2.75, 3.05) is 19.5 Å². The molecule has 1 aromatic heterocycles. The van der Waals surface area contributed by atoms with Crippen molar-refractivity contribution in [1.82, 2.24) is 4.98 Å². The van der Waals surface area contributed by atoms with Gasteiger partial charge in [-0.2, -0.15) is 0 Å². The lowest BCUT2D eigenvalue weighted by molar-refractivity contribution is -0.119. The van der Waals surface area contributed by atoms with Crippen molar-refractivity contribution in [3.63, 3.8) is 0 Å². The second-order valence-electron chi connectivity index (χ2n) is 5.14. The Bertz CT molecular complexity index is 621. The van der Waals surface area contributed by atoms with Crippen LogP contribution < -0.4 is 14.8 Å². The Morgan fingerprint density at radius 1 is 1.24 bits per heavy atom. The maximum atomic E-state index is 12.2.